The first-order chi connectivity index (χ1) is 24.2. The van der Waals surface area contributed by atoms with Crippen LogP contribution in [0.3, 0.4) is 0 Å². The number of hydrogen-bond acceptors (Lipinski definition) is 12. The maximum absolute atomic E-state index is 12.2. The van der Waals surface area contributed by atoms with Crippen molar-refractivity contribution in [3.8, 4) is 0 Å². The van der Waals surface area contributed by atoms with Gasteiger partial charge in [0.1, 0.15) is 31.6 Å². The predicted molar refractivity (Wildman–Crippen MR) is 194 cm³/mol. The van der Waals surface area contributed by atoms with Crippen molar-refractivity contribution in [2.45, 2.75) is 29.4 Å². The lowest BCUT2D eigenvalue weighted by Gasteiger charge is -2.14. The van der Waals surface area contributed by atoms with E-state index in [4.69, 9.17) is 11.5 Å². The molecule has 0 amide bonds. The third kappa shape index (κ3) is 10.4. The number of quaternary nitrogens is 2. The first-order valence-electron chi connectivity index (χ1n) is 14.7. The van der Waals surface area contributed by atoms with Crippen LogP contribution in [-0.4, -0.2) is 48.3 Å². The van der Waals surface area contributed by atoms with E-state index in [-0.39, 0.29) is 35.8 Å². The van der Waals surface area contributed by atoms with E-state index >= 15 is 0 Å². The molecule has 0 saturated carbocycles. The molecule has 6 rings (SSSR count). The highest BCUT2D eigenvalue weighted by atomic mass is 32.2. The molecule has 0 heterocycles. The summed E-state index contributed by atoms with van der Waals surface area (Å²) in [5.41, 5.74) is 21.1. The standard InChI is InChI=1S/2C12H12N2O2S.C10H8O6S2.H2O/c2*13-9-1-5-11(6-2-9)17(15,16)12-7-3-10(14)4-8-12;11-17(12,13)9-5-1-3-7-8(9)4-2-6-10(7)18(14,15)16;/h2*1-8H,13-14H2;1-6H,(H,11,12,13)(H,14,15,16);1H2. The van der Waals surface area contributed by atoms with E-state index in [1.165, 1.54) is 48.5 Å². The smallest absolute Gasteiger partial charge is 0.206 e. The summed E-state index contributed by atoms with van der Waals surface area (Å²) in [5.74, 6) is 0. The third-order valence-electron chi connectivity index (χ3n) is 7.23. The fraction of sp³-hybridized carbons (Fsp3) is 0. The highest BCUT2D eigenvalue weighted by Crippen LogP contribution is 2.28. The van der Waals surface area contributed by atoms with E-state index in [0.717, 1.165) is 23.5 Å². The summed E-state index contributed by atoms with van der Waals surface area (Å²) in [6, 6.07) is 32.3. The van der Waals surface area contributed by atoms with Gasteiger partial charge in [0, 0.05) is 46.4 Å². The average Bonchev–Trinajstić information content (AvgIpc) is 3.08. The summed E-state index contributed by atoms with van der Waals surface area (Å²) < 4.78 is 115. The van der Waals surface area contributed by atoms with E-state index in [2.05, 4.69) is 11.5 Å². The van der Waals surface area contributed by atoms with Crippen molar-refractivity contribution in [1.82, 2.24) is 0 Å². The molecule has 0 radical (unpaired) electrons. The second-order valence-electron chi connectivity index (χ2n) is 10.9. The van der Waals surface area contributed by atoms with E-state index in [1.54, 1.807) is 72.8 Å². The van der Waals surface area contributed by atoms with Crippen LogP contribution in [0.5, 0.6) is 0 Å². The molecule has 12 N–H and O–H groups in total. The Morgan fingerprint density at radius 1 is 0.396 bits per heavy atom. The molecule has 6 aromatic rings. The van der Waals surface area contributed by atoms with Crippen LogP contribution in [0.1, 0.15) is 0 Å². The zero-order valence-corrected chi connectivity index (χ0v) is 30.8. The van der Waals surface area contributed by atoms with Crippen LogP contribution in [0.2, 0.25) is 0 Å². The molecule has 6 aromatic carbocycles. The van der Waals surface area contributed by atoms with Crippen LogP contribution < -0.4 is 22.9 Å². The minimum atomic E-state index is -4.74. The van der Waals surface area contributed by atoms with E-state index in [0.29, 0.717) is 11.4 Å². The topological polar surface area (TPSA) is 322 Å². The highest BCUT2D eigenvalue weighted by Gasteiger charge is 2.18. The van der Waals surface area contributed by atoms with Crippen molar-refractivity contribution in [3.63, 3.8) is 0 Å². The summed E-state index contributed by atoms with van der Waals surface area (Å²) in [6.45, 7) is 0. The van der Waals surface area contributed by atoms with Gasteiger partial charge in [0.2, 0.25) is 19.7 Å². The zero-order valence-electron chi connectivity index (χ0n) is 27.5. The summed E-state index contributed by atoms with van der Waals surface area (Å²) in [4.78, 5) is -0.104. The van der Waals surface area contributed by atoms with Crippen LogP contribution in [0.25, 0.3) is 10.8 Å². The first-order valence-corrected chi connectivity index (χ1v) is 20.5. The molecule has 0 aliphatic carbocycles. The van der Waals surface area contributed by atoms with Gasteiger partial charge in [0.15, 0.2) is 0 Å². The summed E-state index contributed by atoms with van der Waals surface area (Å²) in [5, 5.41) is -0.158. The number of hydrogen-bond donors (Lipinski definition) is 4. The van der Waals surface area contributed by atoms with E-state index < -0.39 is 49.7 Å². The molecule has 280 valence electrons. The number of fused-ring (bicyclic) bond motifs is 1. The number of nitrogens with two attached hydrogens (primary N) is 2. The van der Waals surface area contributed by atoms with Crippen molar-refractivity contribution in [3.05, 3.63) is 133 Å². The summed E-state index contributed by atoms with van der Waals surface area (Å²) in [6.07, 6.45) is 0. The Bertz CT molecular complexity index is 2370. The second kappa shape index (κ2) is 16.6. The Balaban J connectivity index is 0.000000212. The van der Waals surface area contributed by atoms with E-state index in [1.807, 2.05) is 0 Å². The normalized spacial score (nSPS) is 11.6. The lowest BCUT2D eigenvalue weighted by Crippen LogP contribution is -2.39. The zero-order chi connectivity index (χ0) is 38.5. The van der Waals surface area contributed by atoms with Crippen molar-refractivity contribution >= 4 is 73.4 Å². The number of nitrogen functional groups attached to an aromatic ring is 2. The quantitative estimate of drug-likeness (QED) is 0.138. The molecule has 0 spiro atoms. The summed E-state index contributed by atoms with van der Waals surface area (Å²) in [7, 11) is -16.4. The predicted octanol–water partition coefficient (Wildman–Crippen LogP) is 1.77. The molecule has 0 aromatic heterocycles. The van der Waals surface area contributed by atoms with Crippen LogP contribution in [-0.2, 0) is 39.9 Å². The lowest BCUT2D eigenvalue weighted by molar-refractivity contribution is -0.255. The monoisotopic (exact) mass is 802 g/mol. The Morgan fingerprint density at radius 3 is 0.887 bits per heavy atom. The maximum atomic E-state index is 12.2. The third-order valence-corrected chi connectivity index (χ3v) is 12.6. The molecule has 53 heavy (non-hydrogen) atoms. The lowest BCUT2D eigenvalue weighted by atomic mass is 10.1. The average molecular weight is 803 g/mol. The van der Waals surface area contributed by atoms with Crippen LogP contribution in [0.4, 0.5) is 22.7 Å². The number of anilines is 2. The minimum Gasteiger partial charge on any atom is -0.744 e. The number of rotatable bonds is 6. The SMILES string of the molecule is Nc1ccc(S(=O)(=O)c2ccc([NH3+])cc2)cc1.Nc1ccc(S(=O)(=O)c2ccc([NH3+])cc2)cc1.O.O=S(=O)([O-])c1cccc2c(S(=O)(=O)[O-])cccc12. The van der Waals surface area contributed by atoms with Gasteiger partial charge in [0.25, 0.3) is 0 Å². The fourth-order valence-electron chi connectivity index (χ4n) is 4.59. The van der Waals surface area contributed by atoms with Crippen molar-refractivity contribution in [2.24, 2.45) is 0 Å². The maximum Gasteiger partial charge on any atom is 0.206 e. The molecule has 0 aliphatic heterocycles. The molecular weight excluding hydrogens is 769 g/mol. The Labute approximate surface area is 306 Å². The minimum absolute atomic E-state index is 0. The van der Waals surface area contributed by atoms with Gasteiger partial charge in [-0.05, 0) is 84.9 Å². The van der Waals surface area contributed by atoms with Crippen LogP contribution in [0, 0.1) is 0 Å². The van der Waals surface area contributed by atoms with Gasteiger partial charge < -0.3 is 37.5 Å². The summed E-state index contributed by atoms with van der Waals surface area (Å²) >= 11 is 0. The molecule has 0 unspecified atom stereocenters. The molecule has 0 bridgehead atoms. The fourth-order valence-corrected chi connectivity index (χ4v) is 8.50. The Morgan fingerprint density at radius 2 is 0.642 bits per heavy atom. The van der Waals surface area contributed by atoms with Crippen molar-refractivity contribution in [1.29, 1.82) is 0 Å². The van der Waals surface area contributed by atoms with Crippen LogP contribution in [0.15, 0.2) is 163 Å². The second-order valence-corrected chi connectivity index (χ2v) is 17.5. The van der Waals surface area contributed by atoms with Gasteiger partial charge in [-0.3, -0.25) is 0 Å². The largest absolute Gasteiger partial charge is 0.744 e. The van der Waals surface area contributed by atoms with Gasteiger partial charge in [-0.2, -0.15) is 0 Å². The van der Waals surface area contributed by atoms with Gasteiger partial charge in [-0.25, -0.2) is 33.7 Å². The van der Waals surface area contributed by atoms with Gasteiger partial charge >= 0.3 is 0 Å². The van der Waals surface area contributed by atoms with E-state index in [9.17, 15) is 42.8 Å². The highest BCUT2D eigenvalue weighted by molar-refractivity contribution is 7.91. The van der Waals surface area contributed by atoms with Gasteiger partial charge in [0.05, 0.1) is 29.4 Å². The van der Waals surface area contributed by atoms with Crippen LogP contribution >= 0.6 is 0 Å². The van der Waals surface area contributed by atoms with Crippen molar-refractivity contribution < 1.29 is 59.7 Å². The molecule has 0 aliphatic rings. The Kier molecular flexibility index (Phi) is 13.2. The molecular formula is C34H34N4O11S4. The molecule has 0 atom stereocenters. The van der Waals surface area contributed by atoms with Gasteiger partial charge in [-0.15, -0.1) is 0 Å². The van der Waals surface area contributed by atoms with Gasteiger partial charge in [-0.1, -0.05) is 24.3 Å². The van der Waals surface area contributed by atoms with Crippen molar-refractivity contribution in [2.75, 3.05) is 11.5 Å². The Hall–Kier alpha value is -5.22. The molecule has 0 fully saturated rings. The number of benzene rings is 6. The molecule has 0 saturated heterocycles. The molecule has 19 heteroatoms. The molecule has 15 nitrogen and oxygen atoms in total. The number of sulfone groups is 2. The first kappa shape index (κ1) is 42.2.